The van der Waals surface area contributed by atoms with Crippen molar-refractivity contribution in [1.29, 1.82) is 5.26 Å². The molecule has 6 nitrogen and oxygen atoms in total. The largest absolute Gasteiger partial charge is 0.494 e. The van der Waals surface area contributed by atoms with Gasteiger partial charge in [0.1, 0.15) is 29.6 Å². The minimum absolute atomic E-state index is 0.0544. The zero-order chi connectivity index (χ0) is 25.7. The molecule has 186 valence electrons. The van der Waals surface area contributed by atoms with Gasteiger partial charge in [-0.15, -0.1) is 0 Å². The van der Waals surface area contributed by atoms with Crippen molar-refractivity contribution in [3.63, 3.8) is 0 Å². The Hall–Kier alpha value is -4.22. The molecule has 0 amide bonds. The molecule has 1 saturated heterocycles. The number of nitriles is 1. The summed E-state index contributed by atoms with van der Waals surface area (Å²) >= 11 is 0. The van der Waals surface area contributed by atoms with Crippen LogP contribution in [0.3, 0.4) is 0 Å². The molecular formula is C29H23F2N3O3. The van der Waals surface area contributed by atoms with Crippen molar-refractivity contribution in [1.82, 2.24) is 9.38 Å². The van der Waals surface area contributed by atoms with Gasteiger partial charge in [0.15, 0.2) is 5.88 Å². The lowest BCUT2D eigenvalue weighted by atomic mass is 9.89. The summed E-state index contributed by atoms with van der Waals surface area (Å²) in [6.45, 7) is 3.09. The molecular weight excluding hydrogens is 476 g/mol. The van der Waals surface area contributed by atoms with Gasteiger partial charge in [0.2, 0.25) is 0 Å². The summed E-state index contributed by atoms with van der Waals surface area (Å²) in [4.78, 5) is 4.68. The van der Waals surface area contributed by atoms with Gasteiger partial charge >= 0.3 is 0 Å². The minimum atomic E-state index is -0.555. The molecule has 0 saturated carbocycles. The minimum Gasteiger partial charge on any atom is -0.494 e. The quantitative estimate of drug-likeness (QED) is 0.369. The molecule has 1 unspecified atom stereocenters. The van der Waals surface area contributed by atoms with Gasteiger partial charge in [0, 0.05) is 53.9 Å². The molecule has 1 atom stereocenters. The van der Waals surface area contributed by atoms with Gasteiger partial charge in [0.05, 0.1) is 24.1 Å². The molecule has 4 aromatic rings. The van der Waals surface area contributed by atoms with Crippen LogP contribution in [0.4, 0.5) is 8.78 Å². The van der Waals surface area contributed by atoms with E-state index in [1.54, 1.807) is 17.4 Å². The summed E-state index contributed by atoms with van der Waals surface area (Å²) in [5.41, 5.74) is 6.42. The number of nitrogens with zero attached hydrogens (tertiary/aromatic N) is 3. The maximum Gasteiger partial charge on any atom is 0.200 e. The molecule has 1 fully saturated rings. The second kappa shape index (κ2) is 9.02. The maximum atomic E-state index is 14.0. The Morgan fingerprint density at radius 3 is 2.76 bits per heavy atom. The van der Waals surface area contributed by atoms with Gasteiger partial charge in [-0.3, -0.25) is 4.40 Å². The van der Waals surface area contributed by atoms with Gasteiger partial charge in [-0.1, -0.05) is 18.2 Å². The highest BCUT2D eigenvalue weighted by molar-refractivity contribution is 5.88. The van der Waals surface area contributed by atoms with Crippen LogP contribution in [0.2, 0.25) is 0 Å². The molecule has 2 aromatic heterocycles. The monoisotopic (exact) mass is 499 g/mol. The number of aromatic hydroxyl groups is 1. The first-order chi connectivity index (χ1) is 17.9. The van der Waals surface area contributed by atoms with Crippen LogP contribution in [0.15, 0.2) is 54.1 Å². The Morgan fingerprint density at radius 1 is 1.14 bits per heavy atom. The Kier molecular flexibility index (Phi) is 5.65. The first-order valence-electron chi connectivity index (χ1n) is 12.1. The third kappa shape index (κ3) is 4.02. The first kappa shape index (κ1) is 23.2. The predicted octanol–water partition coefficient (Wildman–Crippen LogP) is 5.65. The topological polar surface area (TPSA) is 79.8 Å². The highest BCUT2D eigenvalue weighted by atomic mass is 19.1. The molecule has 0 radical (unpaired) electrons. The summed E-state index contributed by atoms with van der Waals surface area (Å²) < 4.78 is 41.2. The van der Waals surface area contributed by atoms with Crippen molar-refractivity contribution in [2.45, 2.75) is 32.3 Å². The number of allylic oxidation sites excluding steroid dienone is 1. The van der Waals surface area contributed by atoms with Crippen LogP contribution in [0.1, 0.15) is 52.9 Å². The molecule has 2 aliphatic heterocycles. The van der Waals surface area contributed by atoms with Gasteiger partial charge in [-0.2, -0.15) is 5.26 Å². The Morgan fingerprint density at radius 2 is 1.97 bits per heavy atom. The van der Waals surface area contributed by atoms with Crippen LogP contribution in [0, 0.1) is 23.0 Å². The molecule has 4 heterocycles. The van der Waals surface area contributed by atoms with Crippen LogP contribution in [-0.2, 0) is 17.8 Å². The molecule has 2 aromatic carbocycles. The van der Waals surface area contributed by atoms with Crippen LogP contribution >= 0.6 is 0 Å². The number of fused-ring (bicyclic) bond motifs is 3. The molecule has 0 spiro atoms. The second-order valence-electron chi connectivity index (χ2n) is 9.44. The lowest BCUT2D eigenvalue weighted by molar-refractivity contribution is 0.193. The van der Waals surface area contributed by atoms with Crippen LogP contribution < -0.4 is 4.74 Å². The molecule has 1 N–H and O–H groups in total. The number of pyridine rings is 1. The number of hydrogen-bond donors (Lipinski definition) is 1. The van der Waals surface area contributed by atoms with Crippen molar-refractivity contribution in [2.75, 3.05) is 13.2 Å². The second-order valence-corrected chi connectivity index (χ2v) is 9.44. The van der Waals surface area contributed by atoms with E-state index in [2.05, 4.69) is 11.1 Å². The summed E-state index contributed by atoms with van der Waals surface area (Å²) in [7, 11) is 0. The number of imidazole rings is 1. The van der Waals surface area contributed by atoms with Gasteiger partial charge in [0.25, 0.3) is 0 Å². The summed E-state index contributed by atoms with van der Waals surface area (Å²) in [6.07, 6.45) is 1.23. The van der Waals surface area contributed by atoms with Crippen LogP contribution in [0.5, 0.6) is 11.6 Å². The van der Waals surface area contributed by atoms with E-state index in [1.165, 1.54) is 18.2 Å². The van der Waals surface area contributed by atoms with E-state index in [9.17, 15) is 19.1 Å². The number of hydrogen-bond acceptors (Lipinski definition) is 5. The van der Waals surface area contributed by atoms with E-state index >= 15 is 0 Å². The molecule has 6 rings (SSSR count). The average Bonchev–Trinajstić information content (AvgIpc) is 3.49. The standard InChI is InChI=1S/C29H23F2N3O3/c1-16(13-32)28-22-4-2-17(8-19(22)15-37-25-10-20(30)3-5-23(25)28)9-24-29(18-6-7-36-14-18)33-26-11-21(31)12-27(35)34(24)26/h2-5,8,10-12,18,35H,6-7,9,14-15H2,1H3. The van der Waals surface area contributed by atoms with E-state index in [4.69, 9.17) is 9.47 Å². The molecule has 8 heteroatoms. The summed E-state index contributed by atoms with van der Waals surface area (Å²) in [6, 6.07) is 14.9. The number of aromatic nitrogens is 2. The van der Waals surface area contributed by atoms with E-state index in [-0.39, 0.29) is 18.4 Å². The predicted molar refractivity (Wildman–Crippen MR) is 132 cm³/mol. The highest BCUT2D eigenvalue weighted by Crippen LogP contribution is 2.40. The maximum absolute atomic E-state index is 14.0. The smallest absolute Gasteiger partial charge is 0.200 e. The lowest BCUT2D eigenvalue weighted by Crippen LogP contribution is -2.06. The Balaban J connectivity index is 1.46. The van der Waals surface area contributed by atoms with E-state index < -0.39 is 11.6 Å². The van der Waals surface area contributed by atoms with Gasteiger partial charge in [-0.05, 0) is 42.2 Å². The number of ether oxygens (including phenoxy) is 2. The zero-order valence-corrected chi connectivity index (χ0v) is 20.1. The number of rotatable bonds is 3. The Labute approximate surface area is 212 Å². The van der Waals surface area contributed by atoms with E-state index in [1.807, 2.05) is 18.2 Å². The fraction of sp³-hybridized carbons (Fsp3) is 0.241. The normalized spacial score (nSPS) is 18.1. The fourth-order valence-corrected chi connectivity index (χ4v) is 5.34. The van der Waals surface area contributed by atoms with E-state index in [0.29, 0.717) is 47.7 Å². The summed E-state index contributed by atoms with van der Waals surface area (Å²) in [5, 5.41) is 20.3. The highest BCUT2D eigenvalue weighted by Gasteiger charge is 2.27. The van der Waals surface area contributed by atoms with Crippen molar-refractivity contribution < 1.29 is 23.4 Å². The molecule has 2 aliphatic rings. The summed E-state index contributed by atoms with van der Waals surface area (Å²) in [5.74, 6) is -0.737. The fourth-order valence-electron chi connectivity index (χ4n) is 5.34. The zero-order valence-electron chi connectivity index (χ0n) is 20.1. The Bertz CT molecular complexity index is 1630. The molecule has 37 heavy (non-hydrogen) atoms. The lowest BCUT2D eigenvalue weighted by Gasteiger charge is -2.14. The number of benzene rings is 2. The SMILES string of the molecule is CC(C#N)=C1c2ccc(Cc3c(C4CCOC4)nc4cc(F)cc(O)n34)cc2COc2cc(F)ccc21. The van der Waals surface area contributed by atoms with Crippen LogP contribution in [0.25, 0.3) is 11.2 Å². The van der Waals surface area contributed by atoms with E-state index in [0.717, 1.165) is 40.6 Å². The third-order valence-corrected chi connectivity index (χ3v) is 7.06. The van der Waals surface area contributed by atoms with Crippen molar-refractivity contribution in [3.8, 4) is 17.7 Å². The van der Waals surface area contributed by atoms with Crippen molar-refractivity contribution in [2.24, 2.45) is 0 Å². The molecule has 0 bridgehead atoms. The molecule has 0 aliphatic carbocycles. The van der Waals surface area contributed by atoms with Crippen molar-refractivity contribution >= 4 is 11.2 Å². The van der Waals surface area contributed by atoms with Gasteiger partial charge < -0.3 is 14.6 Å². The average molecular weight is 500 g/mol. The number of halogens is 2. The van der Waals surface area contributed by atoms with Gasteiger partial charge in [-0.25, -0.2) is 13.8 Å². The third-order valence-electron chi connectivity index (χ3n) is 7.06. The first-order valence-corrected chi connectivity index (χ1v) is 12.1. The van der Waals surface area contributed by atoms with Crippen LogP contribution in [-0.4, -0.2) is 27.7 Å². The van der Waals surface area contributed by atoms with Crippen molar-refractivity contribution in [3.05, 3.63) is 99.4 Å².